The molecule has 19 heavy (non-hydrogen) atoms. The van der Waals surface area contributed by atoms with Crippen LogP contribution in [0.1, 0.15) is 5.56 Å². The van der Waals surface area contributed by atoms with Gasteiger partial charge in [-0.15, -0.1) is 0 Å². The van der Waals surface area contributed by atoms with Crippen molar-refractivity contribution in [1.82, 2.24) is 4.98 Å². The summed E-state index contributed by atoms with van der Waals surface area (Å²) in [6.45, 7) is 2.00. The van der Waals surface area contributed by atoms with Crippen molar-refractivity contribution in [2.75, 3.05) is 5.32 Å². The highest BCUT2D eigenvalue weighted by molar-refractivity contribution is 6.31. The van der Waals surface area contributed by atoms with Crippen molar-refractivity contribution in [1.29, 1.82) is 0 Å². The van der Waals surface area contributed by atoms with E-state index in [1.165, 1.54) is 0 Å². The predicted molar refractivity (Wildman–Crippen MR) is 81.2 cm³/mol. The summed E-state index contributed by atoms with van der Waals surface area (Å²) >= 11 is 6.12. The number of para-hydroxylation sites is 1. The van der Waals surface area contributed by atoms with E-state index in [1.807, 2.05) is 49.5 Å². The molecule has 1 aromatic heterocycles. The topological polar surface area (TPSA) is 24.9 Å². The minimum atomic E-state index is 0.763. The maximum atomic E-state index is 6.12. The number of pyridine rings is 1. The highest BCUT2D eigenvalue weighted by Gasteiger charge is 2.03. The van der Waals surface area contributed by atoms with E-state index in [0.717, 1.165) is 32.9 Å². The molecule has 0 saturated carbocycles. The number of fused-ring (bicyclic) bond motifs is 1. The van der Waals surface area contributed by atoms with E-state index < -0.39 is 0 Å². The molecule has 0 spiro atoms. The lowest BCUT2D eigenvalue weighted by atomic mass is 10.2. The van der Waals surface area contributed by atoms with Crippen LogP contribution in [0.5, 0.6) is 0 Å². The average Bonchev–Trinajstić information content (AvgIpc) is 2.44. The molecule has 3 rings (SSSR count). The Morgan fingerprint density at radius 2 is 1.89 bits per heavy atom. The van der Waals surface area contributed by atoms with Gasteiger partial charge in [0.15, 0.2) is 0 Å². The van der Waals surface area contributed by atoms with Gasteiger partial charge in [0.2, 0.25) is 0 Å². The van der Waals surface area contributed by atoms with E-state index in [0.29, 0.717) is 0 Å². The summed E-state index contributed by atoms with van der Waals surface area (Å²) in [5.74, 6) is 0. The summed E-state index contributed by atoms with van der Waals surface area (Å²) in [6.07, 6.45) is 1.84. The molecule has 0 radical (unpaired) electrons. The van der Waals surface area contributed by atoms with Crippen LogP contribution in [-0.2, 0) is 0 Å². The van der Waals surface area contributed by atoms with Crippen molar-refractivity contribution in [3.63, 3.8) is 0 Å². The summed E-state index contributed by atoms with van der Waals surface area (Å²) in [4.78, 5) is 4.43. The van der Waals surface area contributed by atoms with Gasteiger partial charge in [-0.25, -0.2) is 0 Å². The van der Waals surface area contributed by atoms with Crippen LogP contribution >= 0.6 is 11.6 Å². The first-order valence-corrected chi connectivity index (χ1v) is 6.49. The Hall–Kier alpha value is -2.06. The summed E-state index contributed by atoms with van der Waals surface area (Å²) in [5.41, 5.74) is 4.00. The maximum Gasteiger partial charge on any atom is 0.0703 e. The second kappa shape index (κ2) is 4.90. The van der Waals surface area contributed by atoms with Crippen LogP contribution in [0.2, 0.25) is 5.02 Å². The SMILES string of the molecule is Cc1c(Cl)cccc1Nc1cnc2ccccc2c1. The van der Waals surface area contributed by atoms with E-state index >= 15 is 0 Å². The van der Waals surface area contributed by atoms with Gasteiger partial charge in [-0.2, -0.15) is 0 Å². The minimum absolute atomic E-state index is 0.763. The molecule has 2 aromatic carbocycles. The van der Waals surface area contributed by atoms with E-state index in [4.69, 9.17) is 11.6 Å². The summed E-state index contributed by atoms with van der Waals surface area (Å²) in [7, 11) is 0. The molecule has 0 aliphatic carbocycles. The smallest absolute Gasteiger partial charge is 0.0703 e. The lowest BCUT2D eigenvalue weighted by molar-refractivity contribution is 1.38. The Bertz CT molecular complexity index is 738. The highest BCUT2D eigenvalue weighted by Crippen LogP contribution is 2.26. The zero-order valence-electron chi connectivity index (χ0n) is 10.5. The molecule has 1 N–H and O–H groups in total. The number of rotatable bonds is 2. The van der Waals surface area contributed by atoms with Crippen molar-refractivity contribution in [2.45, 2.75) is 6.92 Å². The van der Waals surface area contributed by atoms with Gasteiger partial charge in [0.05, 0.1) is 17.4 Å². The standard InChI is InChI=1S/C16H13ClN2/c1-11-14(17)6-4-8-15(11)19-13-9-12-5-2-3-7-16(12)18-10-13/h2-10,19H,1H3. The fourth-order valence-corrected chi connectivity index (χ4v) is 2.21. The third-order valence-corrected chi connectivity index (χ3v) is 3.55. The van der Waals surface area contributed by atoms with Crippen molar-refractivity contribution < 1.29 is 0 Å². The number of benzene rings is 2. The van der Waals surface area contributed by atoms with E-state index in [-0.39, 0.29) is 0 Å². The van der Waals surface area contributed by atoms with Crippen LogP contribution in [0.4, 0.5) is 11.4 Å². The van der Waals surface area contributed by atoms with Crippen molar-refractivity contribution in [2.24, 2.45) is 0 Å². The fourth-order valence-electron chi connectivity index (χ4n) is 2.04. The summed E-state index contributed by atoms with van der Waals surface area (Å²) in [6, 6.07) is 16.0. The van der Waals surface area contributed by atoms with Crippen molar-refractivity contribution in [3.05, 3.63) is 65.3 Å². The largest absolute Gasteiger partial charge is 0.354 e. The molecule has 3 aromatic rings. The molecular formula is C16H13ClN2. The van der Waals surface area contributed by atoms with E-state index in [1.54, 1.807) is 0 Å². The number of anilines is 2. The number of halogens is 1. The first-order chi connectivity index (χ1) is 9.24. The quantitative estimate of drug-likeness (QED) is 0.712. The van der Waals surface area contributed by atoms with Gasteiger partial charge in [0.1, 0.15) is 0 Å². The van der Waals surface area contributed by atoms with Crippen LogP contribution in [-0.4, -0.2) is 4.98 Å². The number of hydrogen-bond acceptors (Lipinski definition) is 2. The van der Waals surface area contributed by atoms with Crippen LogP contribution in [0, 0.1) is 6.92 Å². The number of nitrogens with one attached hydrogen (secondary N) is 1. The molecule has 3 heteroatoms. The zero-order chi connectivity index (χ0) is 13.2. The molecule has 2 nitrogen and oxygen atoms in total. The zero-order valence-corrected chi connectivity index (χ0v) is 11.3. The van der Waals surface area contributed by atoms with Crippen LogP contribution in [0.3, 0.4) is 0 Å². The molecule has 94 valence electrons. The van der Waals surface area contributed by atoms with Gasteiger partial charge in [0.25, 0.3) is 0 Å². The third kappa shape index (κ3) is 2.40. The Morgan fingerprint density at radius 1 is 1.05 bits per heavy atom. The average molecular weight is 269 g/mol. The van der Waals surface area contributed by atoms with Gasteiger partial charge in [-0.05, 0) is 36.8 Å². The first-order valence-electron chi connectivity index (χ1n) is 6.11. The minimum Gasteiger partial charge on any atom is -0.354 e. The summed E-state index contributed by atoms with van der Waals surface area (Å²) < 4.78 is 0. The lowest BCUT2D eigenvalue weighted by Gasteiger charge is -2.10. The fraction of sp³-hybridized carbons (Fsp3) is 0.0625. The Kier molecular flexibility index (Phi) is 3.10. The molecule has 0 aliphatic rings. The molecule has 0 amide bonds. The second-order valence-corrected chi connectivity index (χ2v) is 4.86. The first kappa shape index (κ1) is 12.0. The van der Waals surface area contributed by atoms with Gasteiger partial charge in [-0.3, -0.25) is 4.98 Å². The number of nitrogens with zero attached hydrogens (tertiary/aromatic N) is 1. The monoisotopic (exact) mass is 268 g/mol. The van der Waals surface area contributed by atoms with Crippen molar-refractivity contribution >= 4 is 33.9 Å². The molecular weight excluding hydrogens is 256 g/mol. The normalized spacial score (nSPS) is 10.6. The maximum absolute atomic E-state index is 6.12. The molecule has 1 heterocycles. The van der Waals surface area contributed by atoms with Gasteiger partial charge < -0.3 is 5.32 Å². The van der Waals surface area contributed by atoms with Crippen LogP contribution < -0.4 is 5.32 Å². The van der Waals surface area contributed by atoms with Gasteiger partial charge >= 0.3 is 0 Å². The summed E-state index contributed by atoms with van der Waals surface area (Å²) in [5, 5.41) is 5.24. The Morgan fingerprint density at radius 3 is 2.79 bits per heavy atom. The Balaban J connectivity index is 1.99. The van der Waals surface area contributed by atoms with E-state index in [9.17, 15) is 0 Å². The van der Waals surface area contributed by atoms with Gasteiger partial charge in [-0.1, -0.05) is 35.9 Å². The van der Waals surface area contributed by atoms with Crippen LogP contribution in [0.15, 0.2) is 54.7 Å². The van der Waals surface area contributed by atoms with E-state index in [2.05, 4.69) is 22.4 Å². The molecule has 0 unspecified atom stereocenters. The lowest BCUT2D eigenvalue weighted by Crippen LogP contribution is -1.94. The molecule has 0 bridgehead atoms. The molecule has 0 atom stereocenters. The Labute approximate surface area is 117 Å². The van der Waals surface area contributed by atoms with Gasteiger partial charge in [0, 0.05) is 16.1 Å². The number of aromatic nitrogens is 1. The van der Waals surface area contributed by atoms with Crippen molar-refractivity contribution in [3.8, 4) is 0 Å². The molecule has 0 fully saturated rings. The molecule has 0 aliphatic heterocycles. The predicted octanol–water partition coefficient (Wildman–Crippen LogP) is 4.94. The molecule has 0 saturated heterocycles. The number of hydrogen-bond donors (Lipinski definition) is 1. The second-order valence-electron chi connectivity index (χ2n) is 4.45. The van der Waals surface area contributed by atoms with Crippen LogP contribution in [0.25, 0.3) is 10.9 Å². The highest BCUT2D eigenvalue weighted by atomic mass is 35.5. The third-order valence-electron chi connectivity index (χ3n) is 3.14.